The van der Waals surface area contributed by atoms with Crippen molar-refractivity contribution in [2.24, 2.45) is 11.8 Å². The van der Waals surface area contributed by atoms with Crippen LogP contribution in [-0.4, -0.2) is 91.3 Å². The number of carbonyl (C=O) groups is 1. The first-order chi connectivity index (χ1) is 16.7. The summed E-state index contributed by atoms with van der Waals surface area (Å²) in [6, 6.07) is 9.54. The van der Waals surface area contributed by atoms with Crippen molar-refractivity contribution in [3.05, 3.63) is 42.7 Å². The highest BCUT2D eigenvalue weighted by Gasteiger charge is 2.40. The number of methoxy groups -OCH3 is 1. The zero-order valence-electron chi connectivity index (χ0n) is 19.9. The highest BCUT2D eigenvalue weighted by atomic mass is 16.5. The van der Waals surface area contributed by atoms with Gasteiger partial charge in [-0.3, -0.25) is 9.80 Å². The Balaban J connectivity index is 1.05. The Morgan fingerprint density at radius 1 is 1.09 bits per heavy atom. The lowest BCUT2D eigenvalue weighted by Gasteiger charge is -2.51. The van der Waals surface area contributed by atoms with Gasteiger partial charge in [0.05, 0.1) is 7.11 Å². The lowest BCUT2D eigenvalue weighted by molar-refractivity contribution is -0.0114. The van der Waals surface area contributed by atoms with E-state index in [0.717, 1.165) is 68.5 Å². The SMILES string of the molecule is COc1ccc(NC(=O)NC[C@H]2C[C@@H]3CCN2C[C@@H]3CN2CCN(c3ncccn3)CC2)cc1. The normalized spacial score (nSPS) is 26.8. The van der Waals surface area contributed by atoms with Crippen LogP contribution in [0.15, 0.2) is 42.7 Å². The minimum absolute atomic E-state index is 0.148. The van der Waals surface area contributed by atoms with Gasteiger partial charge in [0.25, 0.3) is 0 Å². The van der Waals surface area contributed by atoms with Gasteiger partial charge in [-0.15, -0.1) is 0 Å². The Kier molecular flexibility index (Phi) is 7.10. The highest BCUT2D eigenvalue weighted by molar-refractivity contribution is 5.89. The second kappa shape index (κ2) is 10.6. The molecule has 2 amide bonds. The molecule has 1 aromatic heterocycles. The number of urea groups is 1. The monoisotopic (exact) mass is 465 g/mol. The topological polar surface area (TPSA) is 85.9 Å². The molecule has 0 spiro atoms. The third-order valence-electron chi connectivity index (χ3n) is 7.56. The zero-order chi connectivity index (χ0) is 23.3. The van der Waals surface area contributed by atoms with Gasteiger partial charge in [0.1, 0.15) is 5.75 Å². The second-order valence-electron chi connectivity index (χ2n) is 9.59. The molecule has 0 saturated carbocycles. The van der Waals surface area contributed by atoms with E-state index in [0.29, 0.717) is 12.6 Å². The number of piperazine rings is 1. The number of carbonyl (C=O) groups excluding carboxylic acids is 1. The molecule has 182 valence electrons. The number of amides is 2. The molecule has 0 aliphatic carbocycles. The van der Waals surface area contributed by atoms with E-state index in [9.17, 15) is 4.79 Å². The van der Waals surface area contributed by atoms with Crippen molar-refractivity contribution in [2.75, 3.05) is 69.7 Å². The molecule has 9 nitrogen and oxygen atoms in total. The van der Waals surface area contributed by atoms with E-state index in [4.69, 9.17) is 4.74 Å². The van der Waals surface area contributed by atoms with Crippen molar-refractivity contribution in [1.29, 1.82) is 0 Å². The number of piperidine rings is 3. The molecule has 5 heterocycles. The van der Waals surface area contributed by atoms with Crippen LogP contribution in [0.2, 0.25) is 0 Å². The van der Waals surface area contributed by atoms with E-state index in [-0.39, 0.29) is 6.03 Å². The van der Waals surface area contributed by atoms with Gasteiger partial charge >= 0.3 is 6.03 Å². The number of nitrogens with zero attached hydrogens (tertiary/aromatic N) is 5. The van der Waals surface area contributed by atoms with Crippen molar-refractivity contribution < 1.29 is 9.53 Å². The van der Waals surface area contributed by atoms with Crippen LogP contribution >= 0.6 is 0 Å². The molecule has 9 heteroatoms. The van der Waals surface area contributed by atoms with Crippen molar-refractivity contribution >= 4 is 17.7 Å². The molecular weight excluding hydrogens is 430 g/mol. The van der Waals surface area contributed by atoms with Crippen LogP contribution in [0.5, 0.6) is 5.75 Å². The lowest BCUT2D eigenvalue weighted by atomic mass is 9.75. The van der Waals surface area contributed by atoms with Crippen LogP contribution in [0.4, 0.5) is 16.4 Å². The van der Waals surface area contributed by atoms with Gasteiger partial charge in [-0.25, -0.2) is 14.8 Å². The van der Waals surface area contributed by atoms with E-state index >= 15 is 0 Å². The summed E-state index contributed by atoms with van der Waals surface area (Å²) in [5.41, 5.74) is 0.766. The smallest absolute Gasteiger partial charge is 0.319 e. The maximum Gasteiger partial charge on any atom is 0.319 e. The molecule has 4 saturated heterocycles. The summed E-state index contributed by atoms with van der Waals surface area (Å²) < 4.78 is 5.16. The number of hydrogen-bond acceptors (Lipinski definition) is 7. The van der Waals surface area contributed by atoms with Gasteiger partial charge < -0.3 is 20.3 Å². The van der Waals surface area contributed by atoms with E-state index in [2.05, 4.69) is 35.3 Å². The van der Waals surface area contributed by atoms with Crippen LogP contribution in [0, 0.1) is 11.8 Å². The van der Waals surface area contributed by atoms with Crippen molar-refractivity contribution in [1.82, 2.24) is 25.1 Å². The fourth-order valence-electron chi connectivity index (χ4n) is 5.65. The fourth-order valence-corrected chi connectivity index (χ4v) is 5.65. The number of hydrogen-bond donors (Lipinski definition) is 2. The summed E-state index contributed by atoms with van der Waals surface area (Å²) in [6.07, 6.45) is 6.08. The number of ether oxygens (including phenoxy) is 1. The van der Waals surface area contributed by atoms with Crippen LogP contribution in [0.25, 0.3) is 0 Å². The number of rotatable bonds is 7. The largest absolute Gasteiger partial charge is 0.497 e. The third-order valence-corrected chi connectivity index (χ3v) is 7.56. The molecule has 4 atom stereocenters. The van der Waals surface area contributed by atoms with E-state index in [1.807, 2.05) is 42.7 Å². The maximum atomic E-state index is 12.4. The molecule has 4 aliphatic rings. The summed E-state index contributed by atoms with van der Waals surface area (Å²) in [5.74, 6) is 3.09. The number of aromatic nitrogens is 2. The molecule has 2 bridgehead atoms. The third kappa shape index (κ3) is 5.42. The second-order valence-corrected chi connectivity index (χ2v) is 9.59. The van der Waals surface area contributed by atoms with Gasteiger partial charge in [0.15, 0.2) is 0 Å². The number of fused-ring (bicyclic) bond motifs is 3. The van der Waals surface area contributed by atoms with Crippen LogP contribution in [-0.2, 0) is 0 Å². The summed E-state index contributed by atoms with van der Waals surface area (Å²) in [4.78, 5) is 28.7. The van der Waals surface area contributed by atoms with Crippen LogP contribution in [0.3, 0.4) is 0 Å². The predicted molar refractivity (Wildman–Crippen MR) is 132 cm³/mol. The standard InChI is InChI=1S/C25H35N7O2/c1-34-23-5-3-21(4-6-23)29-25(33)28-16-22-15-19-7-10-32(22)18-20(19)17-30-11-13-31(14-12-30)24-26-8-2-9-27-24/h2-6,8-9,19-20,22H,7,10-18H2,1H3,(H2,28,29,33)/t19-,20-,22+/m0/s1. The van der Waals surface area contributed by atoms with Crippen molar-refractivity contribution in [3.63, 3.8) is 0 Å². The van der Waals surface area contributed by atoms with Gasteiger partial charge in [0, 0.05) is 69.9 Å². The summed E-state index contributed by atoms with van der Waals surface area (Å²) in [6.45, 7) is 8.26. The average molecular weight is 466 g/mol. The molecule has 34 heavy (non-hydrogen) atoms. The maximum absolute atomic E-state index is 12.4. The average Bonchev–Trinajstić information content (AvgIpc) is 2.89. The van der Waals surface area contributed by atoms with Gasteiger partial charge in [0.2, 0.25) is 5.95 Å². The highest BCUT2D eigenvalue weighted by Crippen LogP contribution is 2.36. The van der Waals surface area contributed by atoms with Gasteiger partial charge in [-0.2, -0.15) is 0 Å². The first-order valence-corrected chi connectivity index (χ1v) is 12.3. The van der Waals surface area contributed by atoms with Gasteiger partial charge in [-0.1, -0.05) is 0 Å². The quantitative estimate of drug-likeness (QED) is 0.648. The Morgan fingerprint density at radius 2 is 1.85 bits per heavy atom. The molecule has 1 unspecified atom stereocenters. The fraction of sp³-hybridized carbons (Fsp3) is 0.560. The summed E-state index contributed by atoms with van der Waals surface area (Å²) in [5, 5.41) is 5.99. The Labute approximate surface area is 201 Å². The van der Waals surface area contributed by atoms with Crippen LogP contribution in [0.1, 0.15) is 12.8 Å². The Bertz CT molecular complexity index is 934. The lowest BCUT2D eigenvalue weighted by Crippen LogP contribution is -2.59. The Morgan fingerprint density at radius 3 is 2.53 bits per heavy atom. The predicted octanol–water partition coefficient (Wildman–Crippen LogP) is 2.14. The summed E-state index contributed by atoms with van der Waals surface area (Å²) in [7, 11) is 1.63. The zero-order valence-corrected chi connectivity index (χ0v) is 19.9. The number of nitrogens with one attached hydrogen (secondary N) is 2. The molecule has 2 N–H and O–H groups in total. The summed E-state index contributed by atoms with van der Waals surface area (Å²) >= 11 is 0. The van der Waals surface area contributed by atoms with Crippen molar-refractivity contribution in [2.45, 2.75) is 18.9 Å². The van der Waals surface area contributed by atoms with E-state index in [1.165, 1.54) is 19.4 Å². The number of anilines is 2. The molecule has 6 rings (SSSR count). The van der Waals surface area contributed by atoms with Crippen LogP contribution < -0.4 is 20.3 Å². The van der Waals surface area contributed by atoms with E-state index < -0.39 is 0 Å². The van der Waals surface area contributed by atoms with Gasteiger partial charge in [-0.05, 0) is 61.6 Å². The number of benzene rings is 1. The van der Waals surface area contributed by atoms with E-state index in [1.54, 1.807) is 7.11 Å². The first-order valence-electron chi connectivity index (χ1n) is 12.3. The molecule has 2 aromatic rings. The molecule has 1 aromatic carbocycles. The van der Waals surface area contributed by atoms with Crippen molar-refractivity contribution in [3.8, 4) is 5.75 Å². The molecule has 0 radical (unpaired) electrons. The molecule has 4 fully saturated rings. The minimum Gasteiger partial charge on any atom is -0.497 e. The minimum atomic E-state index is -0.148. The molecular formula is C25H35N7O2. The molecule has 4 aliphatic heterocycles. The first kappa shape index (κ1) is 22.9. The Hall–Kier alpha value is -2.91.